The summed E-state index contributed by atoms with van der Waals surface area (Å²) in [6.07, 6.45) is 1.62. The van der Waals surface area contributed by atoms with E-state index in [1.807, 2.05) is 11.0 Å². The van der Waals surface area contributed by atoms with Crippen LogP contribution in [0.5, 0.6) is 0 Å². The second-order valence-corrected chi connectivity index (χ2v) is 8.17. The number of nitrogens with one attached hydrogen (secondary N) is 1. The van der Waals surface area contributed by atoms with Crippen LogP contribution in [-0.2, 0) is 9.53 Å². The largest absolute Gasteiger partial charge is 0.383 e. The molecule has 0 spiro atoms. The Kier molecular flexibility index (Phi) is 6.96. The van der Waals surface area contributed by atoms with Gasteiger partial charge in [-0.15, -0.1) is 0 Å². The monoisotopic (exact) mass is 441 g/mol. The number of morpholine rings is 1. The Bertz CT molecular complexity index is 955. The number of benzene rings is 1. The maximum atomic E-state index is 13.0. The number of hydrogen-bond acceptors (Lipinski definition) is 6. The summed E-state index contributed by atoms with van der Waals surface area (Å²) < 4.78 is 18.4. The summed E-state index contributed by atoms with van der Waals surface area (Å²) in [5.74, 6) is -0.253. The molecular weight excluding hydrogens is 413 g/mol. The number of nitrogens with two attached hydrogens (primary N) is 1. The summed E-state index contributed by atoms with van der Waals surface area (Å²) in [5, 5.41) is 2.70. The molecular formula is C23H28FN5O3. The Hall–Kier alpha value is -3.04. The van der Waals surface area contributed by atoms with Gasteiger partial charge in [-0.1, -0.05) is 0 Å². The molecule has 1 aromatic carbocycles. The zero-order chi connectivity index (χ0) is 22.5. The van der Waals surface area contributed by atoms with Crippen LogP contribution in [-0.4, -0.2) is 72.5 Å². The molecule has 32 heavy (non-hydrogen) atoms. The molecule has 9 heteroatoms. The third kappa shape index (κ3) is 5.41. The fraction of sp³-hybridized carbons (Fsp3) is 0.435. The van der Waals surface area contributed by atoms with Gasteiger partial charge < -0.3 is 20.7 Å². The average Bonchev–Trinajstić information content (AvgIpc) is 2.81. The third-order valence-corrected chi connectivity index (χ3v) is 6.02. The first-order valence-electron chi connectivity index (χ1n) is 10.9. The molecule has 0 atom stereocenters. The fourth-order valence-corrected chi connectivity index (χ4v) is 4.12. The number of rotatable bonds is 5. The number of likely N-dealkylation sites (tertiary alicyclic amines) is 1. The molecule has 2 aromatic rings. The van der Waals surface area contributed by atoms with E-state index in [0.717, 1.165) is 31.6 Å². The van der Waals surface area contributed by atoms with Crippen LogP contribution in [0, 0.1) is 5.82 Å². The highest BCUT2D eigenvalue weighted by atomic mass is 19.1. The molecule has 8 nitrogen and oxygen atoms in total. The van der Waals surface area contributed by atoms with Crippen LogP contribution in [0.3, 0.4) is 0 Å². The van der Waals surface area contributed by atoms with Crippen molar-refractivity contribution in [1.82, 2.24) is 14.8 Å². The van der Waals surface area contributed by atoms with E-state index in [-0.39, 0.29) is 29.0 Å². The molecule has 0 saturated carbocycles. The molecule has 3 N–H and O–H groups in total. The number of hydrogen-bond donors (Lipinski definition) is 2. The van der Waals surface area contributed by atoms with Crippen LogP contribution in [0.2, 0.25) is 0 Å². The lowest BCUT2D eigenvalue weighted by molar-refractivity contribution is -0.134. The van der Waals surface area contributed by atoms with Crippen molar-refractivity contribution in [1.29, 1.82) is 0 Å². The van der Waals surface area contributed by atoms with Gasteiger partial charge in [0.25, 0.3) is 5.91 Å². The van der Waals surface area contributed by atoms with Crippen LogP contribution in [0.4, 0.5) is 15.9 Å². The lowest BCUT2D eigenvalue weighted by Crippen LogP contribution is -2.46. The minimum atomic E-state index is -0.392. The Morgan fingerprint density at radius 1 is 1.06 bits per heavy atom. The van der Waals surface area contributed by atoms with Gasteiger partial charge in [0.2, 0.25) is 5.91 Å². The molecule has 0 bridgehead atoms. The van der Waals surface area contributed by atoms with E-state index in [0.29, 0.717) is 38.5 Å². The standard InChI is InChI=1S/C23H28FN5O3/c24-17-1-3-18(4-2-17)26-23(31)19-5-6-20(27-22(19)25)16-7-9-29(10-8-16)21(30)15-28-11-13-32-14-12-28/h1-6,16H,7-15H2,(H2,25,27)(H,26,31). The lowest BCUT2D eigenvalue weighted by atomic mass is 9.92. The molecule has 3 heterocycles. The van der Waals surface area contributed by atoms with E-state index in [1.165, 1.54) is 24.3 Å². The third-order valence-electron chi connectivity index (χ3n) is 6.02. The summed E-state index contributed by atoms with van der Waals surface area (Å²) in [5.41, 5.74) is 7.66. The molecule has 2 aliphatic heterocycles. The highest BCUT2D eigenvalue weighted by Crippen LogP contribution is 2.28. The summed E-state index contributed by atoms with van der Waals surface area (Å²) in [6, 6.07) is 9.02. The Labute approximate surface area is 186 Å². The number of nitrogens with zero attached hydrogens (tertiary/aromatic N) is 3. The van der Waals surface area contributed by atoms with Crippen LogP contribution in [0.25, 0.3) is 0 Å². The van der Waals surface area contributed by atoms with E-state index >= 15 is 0 Å². The van der Waals surface area contributed by atoms with E-state index in [1.54, 1.807) is 6.07 Å². The van der Waals surface area contributed by atoms with E-state index in [2.05, 4.69) is 15.2 Å². The number of ether oxygens (including phenoxy) is 1. The summed E-state index contributed by atoms with van der Waals surface area (Å²) >= 11 is 0. The van der Waals surface area contributed by atoms with Gasteiger partial charge in [0, 0.05) is 43.5 Å². The van der Waals surface area contributed by atoms with Gasteiger partial charge in [0.05, 0.1) is 25.3 Å². The minimum Gasteiger partial charge on any atom is -0.383 e. The summed E-state index contributed by atoms with van der Waals surface area (Å²) in [7, 11) is 0. The lowest BCUT2D eigenvalue weighted by Gasteiger charge is -2.34. The normalized spacial score (nSPS) is 17.8. The average molecular weight is 442 g/mol. The zero-order valence-corrected chi connectivity index (χ0v) is 17.9. The van der Waals surface area contributed by atoms with E-state index in [4.69, 9.17) is 10.5 Å². The van der Waals surface area contributed by atoms with Gasteiger partial charge in [0.1, 0.15) is 11.6 Å². The van der Waals surface area contributed by atoms with Crippen molar-refractivity contribution >= 4 is 23.3 Å². The molecule has 0 radical (unpaired) electrons. The van der Waals surface area contributed by atoms with Gasteiger partial charge in [-0.05, 0) is 49.2 Å². The van der Waals surface area contributed by atoms with Crippen molar-refractivity contribution in [2.45, 2.75) is 18.8 Å². The fourth-order valence-electron chi connectivity index (χ4n) is 4.12. The second kappa shape index (κ2) is 10.1. The number of carbonyl (C=O) groups is 2. The van der Waals surface area contributed by atoms with E-state index in [9.17, 15) is 14.0 Å². The Morgan fingerprint density at radius 2 is 1.75 bits per heavy atom. The summed E-state index contributed by atoms with van der Waals surface area (Å²) in [6.45, 7) is 4.77. The highest BCUT2D eigenvalue weighted by Gasteiger charge is 2.26. The second-order valence-electron chi connectivity index (χ2n) is 8.17. The van der Waals surface area contributed by atoms with E-state index < -0.39 is 5.91 Å². The number of carbonyl (C=O) groups excluding carboxylic acids is 2. The molecule has 0 aliphatic carbocycles. The molecule has 2 saturated heterocycles. The minimum absolute atomic E-state index is 0.158. The van der Waals surface area contributed by atoms with Gasteiger partial charge in [-0.25, -0.2) is 9.37 Å². The van der Waals surface area contributed by atoms with Crippen LogP contribution >= 0.6 is 0 Å². The summed E-state index contributed by atoms with van der Waals surface area (Å²) in [4.78, 5) is 33.6. The van der Waals surface area contributed by atoms with Crippen LogP contribution < -0.4 is 11.1 Å². The van der Waals surface area contributed by atoms with Gasteiger partial charge in [-0.3, -0.25) is 14.5 Å². The Morgan fingerprint density at radius 3 is 2.41 bits per heavy atom. The van der Waals surface area contributed by atoms with Gasteiger partial charge in [-0.2, -0.15) is 0 Å². The molecule has 170 valence electrons. The molecule has 2 fully saturated rings. The molecule has 1 aromatic heterocycles. The predicted molar refractivity (Wildman–Crippen MR) is 119 cm³/mol. The number of piperidine rings is 1. The molecule has 4 rings (SSSR count). The van der Waals surface area contributed by atoms with Crippen LogP contribution in [0.15, 0.2) is 36.4 Å². The quantitative estimate of drug-likeness (QED) is 0.737. The SMILES string of the molecule is Nc1nc(C2CCN(C(=O)CN3CCOCC3)CC2)ccc1C(=O)Nc1ccc(F)cc1. The van der Waals surface area contributed by atoms with Crippen molar-refractivity contribution in [3.8, 4) is 0 Å². The van der Waals surface area contributed by atoms with Crippen molar-refractivity contribution in [3.63, 3.8) is 0 Å². The first-order valence-corrected chi connectivity index (χ1v) is 10.9. The van der Waals surface area contributed by atoms with Gasteiger partial charge >= 0.3 is 0 Å². The molecule has 0 unspecified atom stereocenters. The number of halogens is 1. The first kappa shape index (κ1) is 22.2. The van der Waals surface area contributed by atoms with Gasteiger partial charge in [0.15, 0.2) is 0 Å². The molecule has 2 aliphatic rings. The van der Waals surface area contributed by atoms with Crippen molar-refractivity contribution in [3.05, 3.63) is 53.5 Å². The van der Waals surface area contributed by atoms with Crippen LogP contribution in [0.1, 0.15) is 34.8 Å². The predicted octanol–water partition coefficient (Wildman–Crippen LogP) is 2.09. The highest BCUT2D eigenvalue weighted by molar-refractivity contribution is 6.07. The molecule has 2 amide bonds. The number of nitrogen functional groups attached to an aromatic ring is 1. The number of pyridine rings is 1. The van der Waals surface area contributed by atoms with Crippen molar-refractivity contribution in [2.24, 2.45) is 0 Å². The topological polar surface area (TPSA) is 101 Å². The maximum absolute atomic E-state index is 13.0. The number of amides is 2. The van der Waals surface area contributed by atoms with Crippen molar-refractivity contribution < 1.29 is 18.7 Å². The number of aromatic nitrogens is 1. The number of anilines is 2. The Balaban J connectivity index is 1.32. The maximum Gasteiger partial charge on any atom is 0.259 e. The zero-order valence-electron chi connectivity index (χ0n) is 17.9. The first-order chi connectivity index (χ1) is 15.5. The smallest absolute Gasteiger partial charge is 0.259 e. The van der Waals surface area contributed by atoms with Crippen molar-refractivity contribution in [2.75, 3.05) is 57.0 Å².